The standard InChI is InChI=1S/C47H35NO/c1-47(2)43-17-8-6-13-36(43)31-44(47)35-23-29-39(30-24-35)48(37-25-19-33(20-26-37)32-11-4-3-5-12-32)38-27-21-34(22-28-38)40-15-10-16-42-41-14-7-9-18-45(41)49-46(40)42/h3-31H,1-2H3. The molecule has 0 saturated carbocycles. The lowest BCUT2D eigenvalue weighted by Gasteiger charge is -2.28. The third-order valence-corrected chi connectivity index (χ3v) is 10.1. The molecule has 0 atom stereocenters. The second-order valence-corrected chi connectivity index (χ2v) is 13.4. The number of allylic oxidation sites excluding steroid dienone is 1. The minimum atomic E-state index is -0.0520. The topological polar surface area (TPSA) is 16.4 Å². The molecule has 0 fully saturated rings. The Morgan fingerprint density at radius 2 is 1.00 bits per heavy atom. The predicted octanol–water partition coefficient (Wildman–Crippen LogP) is 13.2. The van der Waals surface area contributed by atoms with Gasteiger partial charge in [-0.2, -0.15) is 0 Å². The van der Waals surface area contributed by atoms with Gasteiger partial charge in [0, 0.05) is 38.8 Å². The van der Waals surface area contributed by atoms with Crippen molar-refractivity contribution < 1.29 is 4.42 Å². The number of para-hydroxylation sites is 2. The van der Waals surface area contributed by atoms with Crippen LogP contribution in [0.25, 0.3) is 55.8 Å². The van der Waals surface area contributed by atoms with Crippen molar-refractivity contribution in [3.05, 3.63) is 187 Å². The van der Waals surface area contributed by atoms with E-state index in [1.165, 1.54) is 33.4 Å². The monoisotopic (exact) mass is 629 g/mol. The zero-order valence-electron chi connectivity index (χ0n) is 27.6. The van der Waals surface area contributed by atoms with E-state index >= 15 is 0 Å². The summed E-state index contributed by atoms with van der Waals surface area (Å²) >= 11 is 0. The second-order valence-electron chi connectivity index (χ2n) is 13.4. The van der Waals surface area contributed by atoms with Crippen molar-refractivity contribution in [2.24, 2.45) is 0 Å². The molecule has 1 aliphatic carbocycles. The molecule has 1 aromatic heterocycles. The number of anilines is 3. The molecule has 2 nitrogen and oxygen atoms in total. The van der Waals surface area contributed by atoms with Gasteiger partial charge in [0.25, 0.3) is 0 Å². The van der Waals surface area contributed by atoms with Crippen LogP contribution in [0.1, 0.15) is 30.5 Å². The van der Waals surface area contributed by atoms with Crippen LogP contribution in [0.2, 0.25) is 0 Å². The van der Waals surface area contributed by atoms with Crippen molar-refractivity contribution >= 4 is 50.6 Å². The lowest BCUT2D eigenvalue weighted by atomic mass is 9.78. The largest absolute Gasteiger partial charge is 0.455 e. The Hall–Kier alpha value is -6.12. The molecule has 0 spiro atoms. The van der Waals surface area contributed by atoms with Crippen LogP contribution in [-0.2, 0) is 5.41 Å². The maximum atomic E-state index is 6.38. The molecule has 0 bridgehead atoms. The van der Waals surface area contributed by atoms with Crippen LogP contribution in [0.15, 0.2) is 174 Å². The predicted molar refractivity (Wildman–Crippen MR) is 207 cm³/mol. The maximum Gasteiger partial charge on any atom is 0.143 e. The van der Waals surface area contributed by atoms with Crippen molar-refractivity contribution in [3.63, 3.8) is 0 Å². The lowest BCUT2D eigenvalue weighted by molar-refractivity contribution is 0.670. The van der Waals surface area contributed by atoms with Crippen LogP contribution in [0.5, 0.6) is 0 Å². The van der Waals surface area contributed by atoms with E-state index in [1.807, 2.05) is 12.1 Å². The van der Waals surface area contributed by atoms with Crippen LogP contribution in [-0.4, -0.2) is 0 Å². The first-order valence-corrected chi connectivity index (χ1v) is 16.9. The molecule has 234 valence electrons. The third kappa shape index (κ3) is 4.96. The fourth-order valence-corrected chi connectivity index (χ4v) is 7.55. The van der Waals surface area contributed by atoms with E-state index in [9.17, 15) is 0 Å². The molecule has 1 aliphatic rings. The Bertz CT molecular complexity index is 2480. The van der Waals surface area contributed by atoms with Gasteiger partial charge in [-0.05, 0) is 87.5 Å². The van der Waals surface area contributed by atoms with Gasteiger partial charge < -0.3 is 9.32 Å². The van der Waals surface area contributed by atoms with Crippen LogP contribution in [0, 0.1) is 0 Å². The number of rotatable bonds is 6. The molecule has 0 saturated heterocycles. The summed E-state index contributed by atoms with van der Waals surface area (Å²) in [5.74, 6) is 0. The van der Waals surface area contributed by atoms with Gasteiger partial charge in [0.2, 0.25) is 0 Å². The molecule has 7 aromatic carbocycles. The van der Waals surface area contributed by atoms with E-state index in [0.717, 1.165) is 50.1 Å². The number of hydrogen-bond donors (Lipinski definition) is 0. The Kier molecular flexibility index (Phi) is 6.84. The lowest BCUT2D eigenvalue weighted by Crippen LogP contribution is -2.16. The summed E-state index contributed by atoms with van der Waals surface area (Å²) in [5.41, 5.74) is 15.0. The average molecular weight is 630 g/mol. The van der Waals surface area contributed by atoms with E-state index < -0.39 is 0 Å². The molecular weight excluding hydrogens is 595 g/mol. The van der Waals surface area contributed by atoms with Gasteiger partial charge in [0.1, 0.15) is 11.2 Å². The third-order valence-electron chi connectivity index (χ3n) is 10.1. The van der Waals surface area contributed by atoms with Crippen LogP contribution < -0.4 is 4.90 Å². The summed E-state index contributed by atoms with van der Waals surface area (Å²) in [6.07, 6.45) is 2.35. The van der Waals surface area contributed by atoms with Gasteiger partial charge in [-0.25, -0.2) is 0 Å². The number of hydrogen-bond acceptors (Lipinski definition) is 2. The second kappa shape index (κ2) is 11.5. The fraction of sp³-hybridized carbons (Fsp3) is 0.0638. The minimum absolute atomic E-state index is 0.0520. The molecule has 1 heterocycles. The number of fused-ring (bicyclic) bond motifs is 4. The van der Waals surface area contributed by atoms with E-state index in [4.69, 9.17) is 4.42 Å². The highest BCUT2D eigenvalue weighted by atomic mass is 16.3. The molecule has 0 N–H and O–H groups in total. The van der Waals surface area contributed by atoms with Crippen molar-refractivity contribution in [3.8, 4) is 22.3 Å². The van der Waals surface area contributed by atoms with Gasteiger partial charge in [0.05, 0.1) is 0 Å². The van der Waals surface area contributed by atoms with E-state index in [2.05, 4.69) is 183 Å². The smallest absolute Gasteiger partial charge is 0.143 e. The van der Waals surface area contributed by atoms with Crippen molar-refractivity contribution in [1.29, 1.82) is 0 Å². The molecule has 8 aromatic rings. The molecule has 0 amide bonds. The molecule has 2 heteroatoms. The quantitative estimate of drug-likeness (QED) is 0.182. The van der Waals surface area contributed by atoms with Gasteiger partial charge in [-0.1, -0.05) is 141 Å². The van der Waals surface area contributed by atoms with Crippen LogP contribution in [0.4, 0.5) is 17.1 Å². The zero-order chi connectivity index (χ0) is 33.0. The van der Waals surface area contributed by atoms with E-state index in [0.29, 0.717) is 0 Å². The Morgan fingerprint density at radius 3 is 1.69 bits per heavy atom. The number of nitrogens with zero attached hydrogens (tertiary/aromatic N) is 1. The van der Waals surface area contributed by atoms with Crippen molar-refractivity contribution in [2.75, 3.05) is 4.90 Å². The first kappa shape index (κ1) is 29.1. The van der Waals surface area contributed by atoms with Crippen molar-refractivity contribution in [2.45, 2.75) is 19.3 Å². The molecule has 9 rings (SSSR count). The minimum Gasteiger partial charge on any atom is -0.455 e. The molecule has 49 heavy (non-hydrogen) atoms. The Balaban J connectivity index is 1.11. The number of furan rings is 1. The van der Waals surface area contributed by atoms with Crippen LogP contribution in [0.3, 0.4) is 0 Å². The molecule has 0 radical (unpaired) electrons. The summed E-state index contributed by atoms with van der Waals surface area (Å²) in [5, 5.41) is 2.28. The summed E-state index contributed by atoms with van der Waals surface area (Å²) in [4.78, 5) is 2.34. The van der Waals surface area contributed by atoms with Gasteiger partial charge in [-0.15, -0.1) is 0 Å². The SMILES string of the molecule is CC1(C)C(c2ccc(N(c3ccc(-c4ccccc4)cc3)c3ccc(-c4cccc5c4oc4ccccc45)cc3)cc2)=Cc2ccccc21. The molecule has 0 aliphatic heterocycles. The summed E-state index contributed by atoms with van der Waals surface area (Å²) < 4.78 is 6.38. The van der Waals surface area contributed by atoms with Crippen molar-refractivity contribution in [1.82, 2.24) is 0 Å². The normalized spacial score (nSPS) is 13.4. The highest BCUT2D eigenvalue weighted by molar-refractivity contribution is 6.09. The first-order valence-electron chi connectivity index (χ1n) is 16.9. The van der Waals surface area contributed by atoms with Crippen LogP contribution >= 0.6 is 0 Å². The van der Waals surface area contributed by atoms with E-state index in [-0.39, 0.29) is 5.41 Å². The molecule has 0 unspecified atom stereocenters. The zero-order valence-corrected chi connectivity index (χ0v) is 27.6. The van der Waals surface area contributed by atoms with Gasteiger partial charge >= 0.3 is 0 Å². The van der Waals surface area contributed by atoms with Gasteiger partial charge in [0.15, 0.2) is 0 Å². The highest BCUT2D eigenvalue weighted by Gasteiger charge is 2.33. The Morgan fingerprint density at radius 1 is 0.449 bits per heavy atom. The average Bonchev–Trinajstić information content (AvgIpc) is 3.67. The van der Waals surface area contributed by atoms with E-state index in [1.54, 1.807) is 0 Å². The van der Waals surface area contributed by atoms with Gasteiger partial charge in [-0.3, -0.25) is 0 Å². The summed E-state index contributed by atoms with van der Waals surface area (Å²) in [7, 11) is 0. The first-order chi connectivity index (χ1) is 24.0. The number of benzene rings is 7. The highest BCUT2D eigenvalue weighted by Crippen LogP contribution is 2.47. The maximum absolute atomic E-state index is 6.38. The summed E-state index contributed by atoms with van der Waals surface area (Å²) in [6, 6.07) is 60.7. The molecular formula is C47H35NO. The summed E-state index contributed by atoms with van der Waals surface area (Å²) in [6.45, 7) is 4.65. The fourth-order valence-electron chi connectivity index (χ4n) is 7.55. The Labute approximate surface area is 287 Å².